The van der Waals surface area contributed by atoms with Gasteiger partial charge in [0.1, 0.15) is 0 Å². The molecular weight excluding hydrogens is 394 g/mol. The van der Waals surface area contributed by atoms with E-state index < -0.39 is 11.9 Å². The number of methoxy groups -OCH3 is 2. The van der Waals surface area contributed by atoms with Gasteiger partial charge >= 0.3 is 11.9 Å². The summed E-state index contributed by atoms with van der Waals surface area (Å²) >= 11 is 5.94. The van der Waals surface area contributed by atoms with Gasteiger partial charge in [-0.15, -0.1) is 0 Å². The Morgan fingerprint density at radius 3 is 2.07 bits per heavy atom. The van der Waals surface area contributed by atoms with Crippen molar-refractivity contribution in [2.24, 2.45) is 0 Å². The summed E-state index contributed by atoms with van der Waals surface area (Å²) in [7, 11) is 2.57. The standard InChI is InChI=1S/C22H18ClNO5/c1-13-19(22(27)29-3)18(12-14-4-6-15(7-5-14)21(26)28-2)20(25)24(13)17-10-8-16(23)9-11-17/h4-12H,1-3H3/b18-12-. The zero-order valence-electron chi connectivity index (χ0n) is 16.1. The number of allylic oxidation sites excluding steroid dienone is 1. The van der Waals surface area contributed by atoms with Crippen molar-refractivity contribution in [3.8, 4) is 0 Å². The number of anilines is 1. The summed E-state index contributed by atoms with van der Waals surface area (Å²) in [4.78, 5) is 38.6. The molecule has 0 atom stereocenters. The Labute approximate surface area is 173 Å². The predicted octanol–water partition coefficient (Wildman–Crippen LogP) is 4.00. The molecule has 0 saturated heterocycles. The smallest absolute Gasteiger partial charge is 0.340 e. The summed E-state index contributed by atoms with van der Waals surface area (Å²) in [6.07, 6.45) is 1.59. The highest BCUT2D eigenvalue weighted by molar-refractivity contribution is 6.30. The Kier molecular flexibility index (Phi) is 5.84. The highest BCUT2D eigenvalue weighted by Gasteiger charge is 2.37. The van der Waals surface area contributed by atoms with E-state index in [1.54, 1.807) is 61.5 Å². The molecule has 0 aliphatic carbocycles. The van der Waals surface area contributed by atoms with Crippen molar-refractivity contribution in [3.63, 3.8) is 0 Å². The lowest BCUT2D eigenvalue weighted by atomic mass is 10.0. The van der Waals surface area contributed by atoms with Gasteiger partial charge in [0.2, 0.25) is 0 Å². The molecule has 1 aliphatic heterocycles. The topological polar surface area (TPSA) is 72.9 Å². The van der Waals surface area contributed by atoms with E-state index in [0.717, 1.165) is 0 Å². The van der Waals surface area contributed by atoms with Gasteiger partial charge in [0, 0.05) is 16.4 Å². The van der Waals surface area contributed by atoms with E-state index in [0.29, 0.717) is 27.5 Å². The quantitative estimate of drug-likeness (QED) is 0.561. The molecular formula is C22H18ClNO5. The van der Waals surface area contributed by atoms with Crippen molar-refractivity contribution in [3.05, 3.63) is 81.5 Å². The number of hydrogen-bond acceptors (Lipinski definition) is 5. The number of halogens is 1. The third kappa shape index (κ3) is 3.93. The normalized spacial score (nSPS) is 15.1. The van der Waals surface area contributed by atoms with Crippen LogP contribution in [0.4, 0.5) is 5.69 Å². The summed E-state index contributed by atoms with van der Waals surface area (Å²) in [5.74, 6) is -1.42. The molecule has 0 fully saturated rings. The first kappa shape index (κ1) is 20.4. The van der Waals surface area contributed by atoms with Gasteiger partial charge in [0.15, 0.2) is 0 Å². The summed E-state index contributed by atoms with van der Waals surface area (Å²) in [5, 5.41) is 0.539. The van der Waals surface area contributed by atoms with Crippen LogP contribution >= 0.6 is 11.6 Å². The summed E-state index contributed by atoms with van der Waals surface area (Å²) in [5.41, 5.74) is 2.47. The SMILES string of the molecule is COC(=O)C1=C(C)N(c2ccc(Cl)cc2)C(=O)/C1=C\c1ccc(C(=O)OC)cc1. The van der Waals surface area contributed by atoms with Crippen molar-refractivity contribution in [2.75, 3.05) is 19.1 Å². The van der Waals surface area contributed by atoms with E-state index in [2.05, 4.69) is 4.74 Å². The minimum absolute atomic E-state index is 0.185. The van der Waals surface area contributed by atoms with Crippen LogP contribution in [-0.2, 0) is 19.1 Å². The van der Waals surface area contributed by atoms with Gasteiger partial charge in [-0.25, -0.2) is 9.59 Å². The number of esters is 2. The number of carbonyl (C=O) groups excluding carboxylic acids is 3. The van der Waals surface area contributed by atoms with Crippen LogP contribution in [0.15, 0.2) is 65.4 Å². The average molecular weight is 412 g/mol. The Hall–Kier alpha value is -3.38. The molecule has 0 N–H and O–H groups in total. The van der Waals surface area contributed by atoms with Crippen molar-refractivity contribution < 1.29 is 23.9 Å². The molecule has 0 radical (unpaired) electrons. The van der Waals surface area contributed by atoms with E-state index in [4.69, 9.17) is 16.3 Å². The fourth-order valence-corrected chi connectivity index (χ4v) is 3.21. The Morgan fingerprint density at radius 2 is 1.52 bits per heavy atom. The maximum absolute atomic E-state index is 13.2. The van der Waals surface area contributed by atoms with Crippen molar-refractivity contribution in [1.29, 1.82) is 0 Å². The van der Waals surface area contributed by atoms with Crippen LogP contribution in [0.25, 0.3) is 6.08 Å². The lowest BCUT2D eigenvalue weighted by Crippen LogP contribution is -2.24. The van der Waals surface area contributed by atoms with Crippen LogP contribution in [0.1, 0.15) is 22.8 Å². The second-order valence-corrected chi connectivity index (χ2v) is 6.68. The minimum atomic E-state index is -0.607. The molecule has 2 aromatic rings. The molecule has 7 heteroatoms. The number of nitrogens with zero attached hydrogens (tertiary/aromatic N) is 1. The lowest BCUT2D eigenvalue weighted by Gasteiger charge is -2.17. The average Bonchev–Trinajstić information content (AvgIpc) is 2.98. The first-order valence-corrected chi connectivity index (χ1v) is 9.04. The first-order chi connectivity index (χ1) is 13.9. The number of rotatable bonds is 4. The summed E-state index contributed by atoms with van der Waals surface area (Å²) in [6.45, 7) is 1.68. The Bertz CT molecular complexity index is 1040. The van der Waals surface area contributed by atoms with Crippen LogP contribution in [-0.4, -0.2) is 32.1 Å². The molecule has 0 aromatic heterocycles. The Morgan fingerprint density at radius 1 is 0.931 bits per heavy atom. The molecule has 3 rings (SSSR count). The van der Waals surface area contributed by atoms with E-state index in [1.165, 1.54) is 19.1 Å². The van der Waals surface area contributed by atoms with Gasteiger partial charge in [0.25, 0.3) is 5.91 Å². The van der Waals surface area contributed by atoms with Gasteiger partial charge in [-0.3, -0.25) is 9.69 Å². The predicted molar refractivity (Wildman–Crippen MR) is 109 cm³/mol. The monoisotopic (exact) mass is 411 g/mol. The van der Waals surface area contributed by atoms with Gasteiger partial charge < -0.3 is 9.47 Å². The van der Waals surface area contributed by atoms with E-state index >= 15 is 0 Å². The highest BCUT2D eigenvalue weighted by Crippen LogP contribution is 2.35. The summed E-state index contributed by atoms with van der Waals surface area (Å²) < 4.78 is 9.57. The molecule has 29 heavy (non-hydrogen) atoms. The fourth-order valence-electron chi connectivity index (χ4n) is 3.08. The molecule has 2 aromatic carbocycles. The highest BCUT2D eigenvalue weighted by atomic mass is 35.5. The second-order valence-electron chi connectivity index (χ2n) is 6.24. The van der Waals surface area contributed by atoms with Crippen LogP contribution in [0.2, 0.25) is 5.02 Å². The van der Waals surface area contributed by atoms with E-state index in [-0.39, 0.29) is 17.1 Å². The first-order valence-electron chi connectivity index (χ1n) is 8.67. The van der Waals surface area contributed by atoms with Gasteiger partial charge in [0.05, 0.1) is 30.9 Å². The number of amides is 1. The molecule has 0 saturated carbocycles. The molecule has 0 unspecified atom stereocenters. The minimum Gasteiger partial charge on any atom is -0.465 e. The maximum Gasteiger partial charge on any atom is 0.340 e. The third-order valence-electron chi connectivity index (χ3n) is 4.52. The van der Waals surface area contributed by atoms with Gasteiger partial charge in [-0.1, -0.05) is 23.7 Å². The van der Waals surface area contributed by atoms with Crippen LogP contribution in [0, 0.1) is 0 Å². The lowest BCUT2D eigenvalue weighted by molar-refractivity contribution is -0.136. The van der Waals surface area contributed by atoms with Crippen molar-refractivity contribution in [1.82, 2.24) is 0 Å². The van der Waals surface area contributed by atoms with Crippen LogP contribution in [0.3, 0.4) is 0 Å². The second kappa shape index (κ2) is 8.32. The molecule has 1 heterocycles. The van der Waals surface area contributed by atoms with Crippen molar-refractivity contribution in [2.45, 2.75) is 6.92 Å². The van der Waals surface area contributed by atoms with E-state index in [9.17, 15) is 14.4 Å². The molecule has 1 aliphatic rings. The number of hydrogen-bond donors (Lipinski definition) is 0. The molecule has 6 nitrogen and oxygen atoms in total. The molecule has 0 spiro atoms. The maximum atomic E-state index is 13.2. The molecule has 1 amide bonds. The molecule has 148 valence electrons. The number of carbonyl (C=O) groups is 3. The van der Waals surface area contributed by atoms with E-state index in [1.807, 2.05) is 0 Å². The van der Waals surface area contributed by atoms with Crippen molar-refractivity contribution >= 4 is 41.2 Å². The molecule has 0 bridgehead atoms. The largest absolute Gasteiger partial charge is 0.465 e. The van der Waals surface area contributed by atoms with Crippen LogP contribution in [0.5, 0.6) is 0 Å². The number of benzene rings is 2. The number of ether oxygens (including phenoxy) is 2. The Balaban J connectivity index is 2.06. The van der Waals surface area contributed by atoms with Gasteiger partial charge in [-0.05, 0) is 55.0 Å². The summed E-state index contributed by atoms with van der Waals surface area (Å²) in [6, 6.07) is 13.2. The van der Waals surface area contributed by atoms with Crippen LogP contribution < -0.4 is 4.90 Å². The fraction of sp³-hybridized carbons (Fsp3) is 0.136. The van der Waals surface area contributed by atoms with Gasteiger partial charge in [-0.2, -0.15) is 0 Å². The zero-order valence-corrected chi connectivity index (χ0v) is 16.8. The zero-order chi connectivity index (χ0) is 21.1. The third-order valence-corrected chi connectivity index (χ3v) is 4.77.